The van der Waals surface area contributed by atoms with Crippen LogP contribution in [0, 0.1) is 0 Å². The van der Waals surface area contributed by atoms with Crippen LogP contribution in [0.5, 0.6) is 0 Å². The van der Waals surface area contributed by atoms with Gasteiger partial charge in [0.05, 0.1) is 26.1 Å². The SMILES string of the molecule is CC(=O)N[C@@H](CCCN=C(N)N)C(=O)N[C@H]1CC(=O)NCCOCCNC(=O)[C@H](Cc2c[nH]c3ccccc23)NC(=O)[C@H](CCCN=C(N)N)NC(=O)[C@@H](Cc2ccccc2)NC(=O)[C@H](CC(N)=O)NC1=O. The average Bonchev–Trinajstić information content (AvgIpc) is 3.74. The van der Waals surface area contributed by atoms with Crippen molar-refractivity contribution in [3.05, 3.63) is 71.9 Å². The predicted molar refractivity (Wildman–Crippen MR) is 264 cm³/mol. The molecule has 0 aliphatic carbocycles. The summed E-state index contributed by atoms with van der Waals surface area (Å²) in [6, 6.07) is 7.13. The van der Waals surface area contributed by atoms with Crippen molar-refractivity contribution >= 4 is 76.0 Å². The number of aromatic amines is 1. The molecule has 0 radical (unpaired) electrons. The monoisotopic (exact) mass is 1000 g/mol. The molecule has 0 unspecified atom stereocenters. The van der Waals surface area contributed by atoms with Crippen LogP contribution in [0.1, 0.15) is 56.6 Å². The first-order valence-electron chi connectivity index (χ1n) is 23.3. The van der Waals surface area contributed by atoms with Crippen molar-refractivity contribution in [2.45, 2.75) is 94.5 Å². The lowest BCUT2D eigenvalue weighted by atomic mass is 10.0. The van der Waals surface area contributed by atoms with Gasteiger partial charge in [-0.05, 0) is 42.9 Å². The van der Waals surface area contributed by atoms with E-state index in [2.05, 4.69) is 57.5 Å². The third-order valence-electron chi connectivity index (χ3n) is 11.0. The number of aromatic nitrogens is 1. The third-order valence-corrected chi connectivity index (χ3v) is 11.0. The molecule has 1 fully saturated rings. The fraction of sp³-hybridized carbons (Fsp3) is 0.457. The summed E-state index contributed by atoms with van der Waals surface area (Å²) in [7, 11) is 0. The van der Waals surface area contributed by atoms with Gasteiger partial charge in [0.25, 0.3) is 0 Å². The molecule has 4 rings (SSSR count). The number of ether oxygens (including phenoxy) is 1. The van der Waals surface area contributed by atoms with Crippen LogP contribution in [0.25, 0.3) is 10.9 Å². The maximum absolute atomic E-state index is 14.5. The van der Waals surface area contributed by atoms with Gasteiger partial charge < -0.3 is 80.9 Å². The molecule has 3 aromatic rings. The van der Waals surface area contributed by atoms with E-state index in [0.29, 0.717) is 11.1 Å². The predicted octanol–water partition coefficient (Wildman–Crippen LogP) is -4.48. The minimum Gasteiger partial charge on any atom is -0.378 e. The van der Waals surface area contributed by atoms with Crippen LogP contribution in [0.15, 0.2) is 70.8 Å². The normalized spacial score (nSPS) is 20.4. The Morgan fingerprint density at radius 3 is 1.94 bits per heavy atom. The summed E-state index contributed by atoms with van der Waals surface area (Å²) < 4.78 is 5.63. The summed E-state index contributed by atoms with van der Waals surface area (Å²) in [5.41, 5.74) is 29.5. The first-order valence-corrected chi connectivity index (χ1v) is 23.3. The van der Waals surface area contributed by atoms with Crippen molar-refractivity contribution in [1.29, 1.82) is 0 Å². The summed E-state index contributed by atoms with van der Waals surface area (Å²) in [4.78, 5) is 134. The Hall–Kier alpha value is -8.29. The zero-order chi connectivity index (χ0) is 52.6. The molecule has 9 amide bonds. The van der Waals surface area contributed by atoms with Crippen LogP contribution in [0.3, 0.4) is 0 Å². The molecule has 6 atom stereocenters. The molecule has 2 heterocycles. The molecule has 1 aliphatic rings. The van der Waals surface area contributed by atoms with Crippen molar-refractivity contribution in [2.75, 3.05) is 39.4 Å². The van der Waals surface area contributed by atoms with Gasteiger partial charge in [-0.1, -0.05) is 48.5 Å². The number of nitrogens with one attached hydrogen (secondary N) is 9. The number of rotatable bonds is 17. The molecule has 26 nitrogen and oxygen atoms in total. The fourth-order valence-corrected chi connectivity index (χ4v) is 7.55. The van der Waals surface area contributed by atoms with Gasteiger partial charge in [-0.3, -0.25) is 53.1 Å². The Morgan fingerprint density at radius 1 is 0.694 bits per heavy atom. The van der Waals surface area contributed by atoms with Crippen LogP contribution in [0.2, 0.25) is 0 Å². The molecule has 1 aromatic heterocycles. The number of nitrogens with two attached hydrogens (primary N) is 5. The fourth-order valence-electron chi connectivity index (χ4n) is 7.55. The zero-order valence-corrected chi connectivity index (χ0v) is 40.0. The van der Waals surface area contributed by atoms with Crippen molar-refractivity contribution < 1.29 is 47.9 Å². The van der Waals surface area contributed by atoms with Crippen LogP contribution in [-0.4, -0.2) is 146 Å². The second-order valence-electron chi connectivity index (χ2n) is 16.8. The molecule has 390 valence electrons. The molecule has 1 saturated heterocycles. The minimum atomic E-state index is -1.79. The molecular formula is C46H66N16O10. The van der Waals surface area contributed by atoms with Crippen molar-refractivity contribution in [3.63, 3.8) is 0 Å². The van der Waals surface area contributed by atoms with E-state index < -0.39 is 102 Å². The van der Waals surface area contributed by atoms with E-state index in [4.69, 9.17) is 33.4 Å². The highest BCUT2D eigenvalue weighted by Gasteiger charge is 2.35. The number of aliphatic imine (C=N–C) groups is 2. The van der Waals surface area contributed by atoms with E-state index in [-0.39, 0.29) is 89.8 Å². The van der Waals surface area contributed by atoms with Gasteiger partial charge in [0.2, 0.25) is 53.2 Å². The number of nitrogens with zero attached hydrogens (tertiary/aromatic N) is 2. The largest absolute Gasteiger partial charge is 0.378 e. The second kappa shape index (κ2) is 29.0. The van der Waals surface area contributed by atoms with E-state index in [1.165, 1.54) is 6.92 Å². The van der Waals surface area contributed by atoms with E-state index in [1.807, 2.05) is 24.3 Å². The van der Waals surface area contributed by atoms with E-state index in [0.717, 1.165) is 10.9 Å². The van der Waals surface area contributed by atoms with Crippen LogP contribution >= 0.6 is 0 Å². The molecular weight excluding hydrogens is 937 g/mol. The highest BCUT2D eigenvalue weighted by molar-refractivity contribution is 5.99. The summed E-state index contributed by atoms with van der Waals surface area (Å²) in [5, 5.41) is 21.6. The Kier molecular flexibility index (Phi) is 22.7. The molecule has 0 spiro atoms. The number of H-pyrrole nitrogens is 1. The molecule has 72 heavy (non-hydrogen) atoms. The number of fused-ring (bicyclic) bond motifs is 1. The molecule has 0 saturated carbocycles. The average molecular weight is 1000 g/mol. The molecule has 19 N–H and O–H groups in total. The van der Waals surface area contributed by atoms with Gasteiger partial charge >= 0.3 is 0 Å². The smallest absolute Gasteiger partial charge is 0.243 e. The van der Waals surface area contributed by atoms with Crippen LogP contribution in [-0.2, 0) is 60.7 Å². The molecule has 0 bridgehead atoms. The quantitative estimate of drug-likeness (QED) is 0.0345. The Labute approximate surface area is 415 Å². The van der Waals surface area contributed by atoms with Crippen molar-refractivity contribution in [2.24, 2.45) is 38.7 Å². The van der Waals surface area contributed by atoms with Crippen molar-refractivity contribution in [3.8, 4) is 0 Å². The van der Waals surface area contributed by atoms with Gasteiger partial charge in [-0.25, -0.2) is 0 Å². The second-order valence-corrected chi connectivity index (χ2v) is 16.8. The minimum absolute atomic E-state index is 0.00162. The summed E-state index contributed by atoms with van der Waals surface area (Å²) in [6.07, 6.45) is 0.409. The maximum Gasteiger partial charge on any atom is 0.243 e. The van der Waals surface area contributed by atoms with Gasteiger partial charge in [0, 0.05) is 63.0 Å². The number of amides is 9. The lowest BCUT2D eigenvalue weighted by Crippen LogP contribution is -2.60. The number of benzene rings is 2. The Balaban J connectivity index is 1.72. The topological polar surface area (TPSA) is 430 Å². The Morgan fingerprint density at radius 2 is 1.28 bits per heavy atom. The van der Waals surface area contributed by atoms with Gasteiger partial charge in [0.15, 0.2) is 11.9 Å². The number of hydrogen-bond donors (Lipinski definition) is 14. The number of para-hydroxylation sites is 1. The summed E-state index contributed by atoms with van der Waals surface area (Å²) in [5.74, 6) is -8.09. The highest BCUT2D eigenvalue weighted by atomic mass is 16.5. The first kappa shape index (κ1) is 56.3. The van der Waals surface area contributed by atoms with Gasteiger partial charge in [-0.2, -0.15) is 0 Å². The standard InChI is InChI=1S/C46H66N16O10/c1-26(63)57-31(13-7-15-54-45(48)49)40(67)62-36-24-38(65)52-17-19-72-20-18-53-39(66)34(22-28-25-56-30-12-6-5-11-29(28)30)60-41(68)32(14-8-16-55-46(50)51)58-42(69)33(21-27-9-3-2-4-10-27)59-43(70)35(23-37(47)64)61-44(36)71/h2-6,9-12,25,31-36,56H,7-8,13-24H2,1H3,(H2,47,64)(H,52,65)(H,53,66)(H,57,63)(H,58,69)(H,59,70)(H,60,68)(H,61,71)(H,62,67)(H4,48,49,54)(H4,50,51,55)/t31-,32-,33+,34-,35-,36-/m0/s1. The number of guanidine groups is 2. The number of hydrogen-bond acceptors (Lipinski definition) is 12. The van der Waals surface area contributed by atoms with Gasteiger partial charge in [-0.15, -0.1) is 0 Å². The molecule has 1 aliphatic heterocycles. The molecule has 26 heteroatoms. The van der Waals surface area contributed by atoms with Crippen molar-refractivity contribution in [1.82, 2.24) is 47.5 Å². The lowest BCUT2D eigenvalue weighted by molar-refractivity contribution is -0.137. The van der Waals surface area contributed by atoms with Gasteiger partial charge in [0.1, 0.15) is 36.3 Å². The zero-order valence-electron chi connectivity index (χ0n) is 40.0. The summed E-state index contributed by atoms with van der Waals surface area (Å²) >= 11 is 0. The number of carbonyl (C=O) groups excluding carboxylic acids is 9. The Bertz CT molecular complexity index is 2420. The first-order chi connectivity index (χ1) is 34.4. The van der Waals surface area contributed by atoms with Crippen LogP contribution < -0.4 is 71.2 Å². The van der Waals surface area contributed by atoms with Crippen LogP contribution in [0.4, 0.5) is 0 Å². The third kappa shape index (κ3) is 19.6. The maximum atomic E-state index is 14.5. The molecule has 2 aromatic carbocycles. The highest BCUT2D eigenvalue weighted by Crippen LogP contribution is 2.19. The van der Waals surface area contributed by atoms with E-state index in [1.54, 1.807) is 36.5 Å². The van der Waals surface area contributed by atoms with E-state index >= 15 is 0 Å². The lowest BCUT2D eigenvalue weighted by Gasteiger charge is -2.27. The van der Waals surface area contributed by atoms with E-state index in [9.17, 15) is 43.2 Å². The number of primary amides is 1. The summed E-state index contributed by atoms with van der Waals surface area (Å²) in [6.45, 7) is 1.13. The number of carbonyl (C=O) groups is 9.